The van der Waals surface area contributed by atoms with E-state index in [1.807, 2.05) is 12.1 Å². The molecule has 38 heavy (non-hydrogen) atoms. The summed E-state index contributed by atoms with van der Waals surface area (Å²) < 4.78 is 33.1. The standard InChI is InChI=1S/C26H34N6O6/c1-33-17-11-15-21(25(37-5)23(17)35-3)29-19(27-15)13-31-7-9-32(10-8-31)14-20-28-16-12-18(34-2)24(36-4)26(38-6)22(16)30-20/h11-12H,7-10,13-14H2,1-6H3,(H,27,29)(H,28,30). The smallest absolute Gasteiger partial charge is 0.205 e. The molecule has 0 aliphatic carbocycles. The Morgan fingerprint density at radius 3 is 1.26 bits per heavy atom. The third-order valence-corrected chi connectivity index (χ3v) is 6.87. The SMILES string of the molecule is COc1cc2[nH]c(CN3CCN(Cc4nc5c(OC)c(OC)c(OC)cc5[nH]4)CC3)nc2c(OC)c1OC. The van der Waals surface area contributed by atoms with E-state index in [2.05, 4.69) is 19.8 Å². The molecule has 2 aromatic carbocycles. The van der Waals surface area contributed by atoms with E-state index >= 15 is 0 Å². The molecule has 1 fully saturated rings. The number of aromatic amines is 2. The molecule has 1 saturated heterocycles. The predicted molar refractivity (Wildman–Crippen MR) is 142 cm³/mol. The number of piperazine rings is 1. The molecule has 0 radical (unpaired) electrons. The highest BCUT2D eigenvalue weighted by atomic mass is 16.5. The van der Waals surface area contributed by atoms with Crippen molar-refractivity contribution >= 4 is 22.1 Å². The number of nitrogens with zero attached hydrogens (tertiary/aromatic N) is 4. The van der Waals surface area contributed by atoms with Gasteiger partial charge in [-0.2, -0.15) is 0 Å². The summed E-state index contributed by atoms with van der Waals surface area (Å²) in [4.78, 5) is 21.2. The van der Waals surface area contributed by atoms with E-state index in [9.17, 15) is 0 Å². The van der Waals surface area contributed by atoms with Crippen LogP contribution in [0.2, 0.25) is 0 Å². The Morgan fingerprint density at radius 2 is 0.947 bits per heavy atom. The van der Waals surface area contributed by atoms with Crippen LogP contribution in [0.15, 0.2) is 12.1 Å². The molecule has 0 saturated carbocycles. The van der Waals surface area contributed by atoms with Gasteiger partial charge in [0.25, 0.3) is 0 Å². The van der Waals surface area contributed by atoms with Crippen LogP contribution in [0.3, 0.4) is 0 Å². The van der Waals surface area contributed by atoms with Gasteiger partial charge in [0.15, 0.2) is 23.0 Å². The summed E-state index contributed by atoms with van der Waals surface area (Å²) in [5.41, 5.74) is 3.16. The molecule has 204 valence electrons. The predicted octanol–water partition coefficient (Wildman–Crippen LogP) is 2.81. The number of rotatable bonds is 10. The number of hydrogen-bond acceptors (Lipinski definition) is 10. The van der Waals surface area contributed by atoms with E-state index in [-0.39, 0.29) is 0 Å². The van der Waals surface area contributed by atoms with Crippen molar-refractivity contribution in [2.45, 2.75) is 13.1 Å². The van der Waals surface area contributed by atoms with Crippen LogP contribution in [-0.4, -0.2) is 98.6 Å². The summed E-state index contributed by atoms with van der Waals surface area (Å²) >= 11 is 0. The van der Waals surface area contributed by atoms with Gasteiger partial charge in [-0.1, -0.05) is 0 Å². The molecular weight excluding hydrogens is 492 g/mol. The maximum absolute atomic E-state index is 5.59. The van der Waals surface area contributed by atoms with Gasteiger partial charge < -0.3 is 38.4 Å². The Hall–Kier alpha value is -3.90. The summed E-state index contributed by atoms with van der Waals surface area (Å²) in [5.74, 6) is 5.13. The van der Waals surface area contributed by atoms with Gasteiger partial charge in [-0.15, -0.1) is 0 Å². The highest BCUT2D eigenvalue weighted by Crippen LogP contribution is 2.43. The van der Waals surface area contributed by atoms with Gasteiger partial charge in [-0.05, 0) is 0 Å². The van der Waals surface area contributed by atoms with Crippen molar-refractivity contribution in [3.63, 3.8) is 0 Å². The van der Waals surface area contributed by atoms with Crippen LogP contribution in [0.25, 0.3) is 22.1 Å². The first-order valence-corrected chi connectivity index (χ1v) is 12.3. The second kappa shape index (κ2) is 10.8. The molecule has 0 bridgehead atoms. The van der Waals surface area contributed by atoms with Crippen LogP contribution < -0.4 is 28.4 Å². The number of nitrogens with one attached hydrogen (secondary N) is 2. The number of hydrogen-bond donors (Lipinski definition) is 2. The Balaban J connectivity index is 1.26. The Bertz CT molecular complexity index is 1320. The number of imidazole rings is 2. The van der Waals surface area contributed by atoms with Gasteiger partial charge in [-0.25, -0.2) is 9.97 Å². The Morgan fingerprint density at radius 1 is 0.579 bits per heavy atom. The van der Waals surface area contributed by atoms with Crippen molar-refractivity contribution in [1.82, 2.24) is 29.7 Å². The van der Waals surface area contributed by atoms with Crippen molar-refractivity contribution in [3.8, 4) is 34.5 Å². The van der Waals surface area contributed by atoms with Crippen LogP contribution in [0.4, 0.5) is 0 Å². The zero-order valence-electron chi connectivity index (χ0n) is 22.6. The van der Waals surface area contributed by atoms with Crippen LogP contribution in [-0.2, 0) is 13.1 Å². The second-order valence-corrected chi connectivity index (χ2v) is 9.00. The monoisotopic (exact) mass is 526 g/mol. The maximum atomic E-state index is 5.59. The summed E-state index contributed by atoms with van der Waals surface area (Å²) in [5, 5.41) is 0. The molecule has 1 aliphatic heterocycles. The lowest BCUT2D eigenvalue weighted by molar-refractivity contribution is 0.118. The van der Waals surface area contributed by atoms with Crippen LogP contribution in [0.5, 0.6) is 34.5 Å². The molecule has 1 aliphatic rings. The van der Waals surface area contributed by atoms with Crippen LogP contribution in [0, 0.1) is 0 Å². The fourth-order valence-electron chi connectivity index (χ4n) is 5.01. The van der Waals surface area contributed by atoms with Gasteiger partial charge in [0, 0.05) is 38.3 Å². The van der Waals surface area contributed by atoms with Crippen LogP contribution in [0.1, 0.15) is 11.6 Å². The summed E-state index contributed by atoms with van der Waals surface area (Å²) in [6.07, 6.45) is 0. The summed E-state index contributed by atoms with van der Waals surface area (Å²) in [6, 6.07) is 3.78. The molecule has 2 N–H and O–H groups in total. The van der Waals surface area contributed by atoms with E-state index in [0.29, 0.717) is 47.6 Å². The molecule has 12 nitrogen and oxygen atoms in total. The quantitative estimate of drug-likeness (QED) is 0.319. The minimum atomic E-state index is 0.536. The van der Waals surface area contributed by atoms with Gasteiger partial charge in [0.05, 0.1) is 66.8 Å². The topological polar surface area (TPSA) is 119 Å². The third-order valence-electron chi connectivity index (χ3n) is 6.87. The average molecular weight is 527 g/mol. The summed E-state index contributed by atoms with van der Waals surface area (Å²) in [7, 11) is 9.61. The minimum absolute atomic E-state index is 0.536. The van der Waals surface area contributed by atoms with Gasteiger partial charge in [0.2, 0.25) is 11.5 Å². The number of fused-ring (bicyclic) bond motifs is 2. The van der Waals surface area contributed by atoms with E-state index in [1.165, 1.54) is 0 Å². The largest absolute Gasteiger partial charge is 0.493 e. The zero-order chi connectivity index (χ0) is 26.8. The number of benzene rings is 2. The van der Waals surface area contributed by atoms with Crippen molar-refractivity contribution < 1.29 is 28.4 Å². The molecule has 0 spiro atoms. The van der Waals surface area contributed by atoms with Crippen molar-refractivity contribution in [2.75, 3.05) is 68.8 Å². The highest BCUT2D eigenvalue weighted by Gasteiger charge is 2.24. The van der Waals surface area contributed by atoms with Gasteiger partial charge in [0.1, 0.15) is 22.7 Å². The molecule has 12 heteroatoms. The molecule has 0 atom stereocenters. The lowest BCUT2D eigenvalue weighted by Gasteiger charge is -2.33. The first-order chi connectivity index (χ1) is 18.5. The molecule has 0 unspecified atom stereocenters. The minimum Gasteiger partial charge on any atom is -0.493 e. The van der Waals surface area contributed by atoms with Crippen molar-refractivity contribution in [2.24, 2.45) is 0 Å². The van der Waals surface area contributed by atoms with Crippen molar-refractivity contribution in [3.05, 3.63) is 23.8 Å². The Labute approximate surface area is 220 Å². The highest BCUT2D eigenvalue weighted by molar-refractivity contribution is 5.88. The zero-order valence-corrected chi connectivity index (χ0v) is 22.6. The lowest BCUT2D eigenvalue weighted by Crippen LogP contribution is -2.45. The second-order valence-electron chi connectivity index (χ2n) is 9.00. The molecule has 2 aromatic heterocycles. The fourth-order valence-corrected chi connectivity index (χ4v) is 5.01. The number of methoxy groups -OCH3 is 6. The van der Waals surface area contributed by atoms with Crippen LogP contribution >= 0.6 is 0 Å². The molecular formula is C26H34N6O6. The maximum Gasteiger partial charge on any atom is 0.205 e. The van der Waals surface area contributed by atoms with Crippen molar-refractivity contribution in [1.29, 1.82) is 0 Å². The molecule has 5 rings (SSSR count). The van der Waals surface area contributed by atoms with E-state index in [1.54, 1.807) is 42.7 Å². The molecule has 3 heterocycles. The average Bonchev–Trinajstić information content (AvgIpc) is 3.54. The first kappa shape index (κ1) is 25.7. The normalized spacial score (nSPS) is 14.7. The molecule has 0 amide bonds. The number of ether oxygens (including phenoxy) is 6. The van der Waals surface area contributed by atoms with E-state index < -0.39 is 0 Å². The number of H-pyrrole nitrogens is 2. The Kier molecular flexibility index (Phi) is 7.34. The lowest BCUT2D eigenvalue weighted by atomic mass is 10.2. The van der Waals surface area contributed by atoms with E-state index in [4.69, 9.17) is 38.4 Å². The fraction of sp³-hybridized carbons (Fsp3) is 0.462. The van der Waals surface area contributed by atoms with Gasteiger partial charge >= 0.3 is 0 Å². The molecule has 4 aromatic rings. The third kappa shape index (κ3) is 4.61. The summed E-state index contributed by atoms with van der Waals surface area (Å²) in [6.45, 7) is 5.05. The van der Waals surface area contributed by atoms with Gasteiger partial charge in [-0.3, -0.25) is 9.80 Å². The van der Waals surface area contributed by atoms with E-state index in [0.717, 1.165) is 59.9 Å². The number of aromatic nitrogens is 4. The first-order valence-electron chi connectivity index (χ1n) is 12.3.